The molecule has 0 bridgehead atoms. The van der Waals surface area contributed by atoms with Crippen LogP contribution in [0.1, 0.15) is 108 Å². The fraction of sp³-hybridized carbons (Fsp3) is 0.692. The van der Waals surface area contributed by atoms with Crippen LogP contribution in [0.3, 0.4) is 0 Å². The molecule has 0 saturated heterocycles. The van der Waals surface area contributed by atoms with Crippen LogP contribution in [0.4, 0.5) is 0 Å². The molecule has 0 heterocycles. The van der Waals surface area contributed by atoms with E-state index in [0.717, 1.165) is 11.8 Å². The Morgan fingerprint density at radius 3 is 1.08 bits per heavy atom. The van der Waals surface area contributed by atoms with Gasteiger partial charge < -0.3 is 0 Å². The lowest BCUT2D eigenvalue weighted by molar-refractivity contribution is 0.659. The molecule has 0 aromatic heterocycles. The number of allylic oxidation sites excluding steroid dienone is 8. The van der Waals surface area contributed by atoms with Gasteiger partial charge >= 0.3 is 0 Å². The minimum absolute atomic E-state index is 0.790. The van der Waals surface area contributed by atoms with Crippen LogP contribution in [0.5, 0.6) is 0 Å². The molecule has 0 aromatic rings. The van der Waals surface area contributed by atoms with E-state index >= 15 is 0 Å². The van der Waals surface area contributed by atoms with Crippen LogP contribution in [0.15, 0.2) is 46.6 Å². The molecule has 0 aliphatic heterocycles. The van der Waals surface area contributed by atoms with Crippen LogP contribution >= 0.6 is 0 Å². The van der Waals surface area contributed by atoms with Gasteiger partial charge in [-0.3, -0.25) is 0 Å². The van der Waals surface area contributed by atoms with Crippen LogP contribution in [-0.2, 0) is 0 Å². The molecule has 0 heteroatoms. The largest absolute Gasteiger partial charge is 0.0856 e. The average molecular weight is 361 g/mol. The molecule has 0 aromatic carbocycles. The van der Waals surface area contributed by atoms with Crippen molar-refractivity contribution < 1.29 is 0 Å². The molecule has 0 unspecified atom stereocenters. The minimum atomic E-state index is 0.790. The Morgan fingerprint density at radius 1 is 0.538 bits per heavy atom. The summed E-state index contributed by atoms with van der Waals surface area (Å²) in [7, 11) is 0. The molecule has 0 atom stereocenters. The highest BCUT2D eigenvalue weighted by molar-refractivity contribution is 5.03. The molecule has 0 radical (unpaired) electrons. The Kier molecular flexibility index (Phi) is 18.2. The maximum absolute atomic E-state index is 2.38. The first-order valence-corrected chi connectivity index (χ1v) is 10.6. The molecule has 0 nitrogen and oxygen atoms in total. The SMILES string of the molecule is CC(C)=CCC/C(C)=C/CC(C)C.CC(C)=CCC/C(C)=C\CC(C)C. The molecule has 0 fully saturated rings. The predicted molar refractivity (Wildman–Crippen MR) is 124 cm³/mol. The Hall–Kier alpha value is -1.04. The summed E-state index contributed by atoms with van der Waals surface area (Å²) in [6, 6.07) is 0. The molecular weight excluding hydrogens is 312 g/mol. The van der Waals surface area contributed by atoms with Crippen molar-refractivity contribution in [3.63, 3.8) is 0 Å². The minimum Gasteiger partial charge on any atom is -0.0856 e. The van der Waals surface area contributed by atoms with E-state index in [-0.39, 0.29) is 0 Å². The van der Waals surface area contributed by atoms with Crippen molar-refractivity contribution in [3.8, 4) is 0 Å². The molecular formula is C26H48. The Morgan fingerprint density at radius 2 is 0.846 bits per heavy atom. The summed E-state index contributed by atoms with van der Waals surface area (Å²) in [5.41, 5.74) is 5.92. The molecule has 0 N–H and O–H groups in total. The van der Waals surface area contributed by atoms with E-state index in [0.29, 0.717) is 0 Å². The summed E-state index contributed by atoms with van der Waals surface area (Å²) < 4.78 is 0. The van der Waals surface area contributed by atoms with Gasteiger partial charge in [0.1, 0.15) is 0 Å². The topological polar surface area (TPSA) is 0 Å². The van der Waals surface area contributed by atoms with E-state index in [1.54, 1.807) is 0 Å². The van der Waals surface area contributed by atoms with Crippen LogP contribution in [-0.4, -0.2) is 0 Å². The van der Waals surface area contributed by atoms with Crippen LogP contribution in [0.25, 0.3) is 0 Å². The highest BCUT2D eigenvalue weighted by atomic mass is 14.0. The van der Waals surface area contributed by atoms with Gasteiger partial charge in [0, 0.05) is 0 Å². The molecule has 0 aliphatic carbocycles. The third-order valence-corrected chi connectivity index (χ3v) is 4.06. The quantitative estimate of drug-likeness (QED) is 0.340. The molecule has 0 spiro atoms. The summed E-state index contributed by atoms with van der Waals surface area (Å²) in [5.74, 6) is 1.58. The number of hydrogen-bond acceptors (Lipinski definition) is 0. The predicted octanol–water partition coefficient (Wildman–Crippen LogP) is 9.45. The Labute approximate surface area is 166 Å². The van der Waals surface area contributed by atoms with Gasteiger partial charge in [-0.2, -0.15) is 0 Å². The zero-order chi connectivity index (χ0) is 20.5. The Bertz CT molecular complexity index is 400. The van der Waals surface area contributed by atoms with Crippen LogP contribution < -0.4 is 0 Å². The van der Waals surface area contributed by atoms with Crippen molar-refractivity contribution in [2.24, 2.45) is 11.8 Å². The van der Waals surface area contributed by atoms with Gasteiger partial charge in [0.2, 0.25) is 0 Å². The first-order chi connectivity index (χ1) is 12.0. The molecule has 0 aliphatic rings. The first kappa shape index (κ1) is 27.2. The maximum atomic E-state index is 2.38. The fourth-order valence-corrected chi connectivity index (χ4v) is 2.25. The van der Waals surface area contributed by atoms with Crippen molar-refractivity contribution in [2.45, 2.75) is 108 Å². The maximum Gasteiger partial charge on any atom is -0.0288 e. The zero-order valence-corrected chi connectivity index (χ0v) is 19.7. The molecule has 26 heavy (non-hydrogen) atoms. The summed E-state index contributed by atoms with van der Waals surface area (Å²) >= 11 is 0. The van der Waals surface area contributed by atoms with Gasteiger partial charge in [0.05, 0.1) is 0 Å². The van der Waals surface area contributed by atoms with E-state index in [2.05, 4.69) is 93.5 Å². The molecule has 0 rings (SSSR count). The van der Waals surface area contributed by atoms with E-state index < -0.39 is 0 Å². The van der Waals surface area contributed by atoms with Gasteiger partial charge in [-0.25, -0.2) is 0 Å². The summed E-state index contributed by atoms with van der Waals surface area (Å²) in [6.45, 7) is 22.2. The van der Waals surface area contributed by atoms with Crippen molar-refractivity contribution >= 4 is 0 Å². The number of hydrogen-bond donors (Lipinski definition) is 0. The normalized spacial score (nSPS) is 12.0. The van der Waals surface area contributed by atoms with Gasteiger partial charge in [0.15, 0.2) is 0 Å². The lowest BCUT2D eigenvalue weighted by Gasteiger charge is -2.01. The van der Waals surface area contributed by atoms with Crippen molar-refractivity contribution in [3.05, 3.63) is 46.6 Å². The summed E-state index contributed by atoms with van der Waals surface area (Å²) in [5, 5.41) is 0. The fourth-order valence-electron chi connectivity index (χ4n) is 2.25. The van der Waals surface area contributed by atoms with E-state index in [4.69, 9.17) is 0 Å². The standard InChI is InChI=1S/2C13H24/c2*1-11(2)7-6-8-13(5)10-9-12(3)4/h2*7,10,12H,6,8-9H2,1-5H3/b13-10+;13-10-. The Balaban J connectivity index is 0. The van der Waals surface area contributed by atoms with E-state index in [1.165, 1.54) is 60.8 Å². The zero-order valence-electron chi connectivity index (χ0n) is 19.7. The van der Waals surface area contributed by atoms with Crippen LogP contribution in [0, 0.1) is 11.8 Å². The summed E-state index contributed by atoms with van der Waals surface area (Å²) in [4.78, 5) is 0. The van der Waals surface area contributed by atoms with Crippen molar-refractivity contribution in [1.82, 2.24) is 0 Å². The third kappa shape index (κ3) is 25.2. The highest BCUT2D eigenvalue weighted by Crippen LogP contribution is 2.11. The van der Waals surface area contributed by atoms with Gasteiger partial charge in [0.25, 0.3) is 0 Å². The second kappa shape index (κ2) is 17.4. The smallest absolute Gasteiger partial charge is 0.0288 e. The third-order valence-electron chi connectivity index (χ3n) is 4.06. The lowest BCUT2D eigenvalue weighted by atomic mass is 10.1. The second-order valence-electron chi connectivity index (χ2n) is 9.00. The molecule has 0 saturated carbocycles. The lowest BCUT2D eigenvalue weighted by Crippen LogP contribution is -1.84. The monoisotopic (exact) mass is 360 g/mol. The molecule has 152 valence electrons. The van der Waals surface area contributed by atoms with Crippen molar-refractivity contribution in [1.29, 1.82) is 0 Å². The van der Waals surface area contributed by atoms with Crippen LogP contribution in [0.2, 0.25) is 0 Å². The van der Waals surface area contributed by atoms with Gasteiger partial charge in [-0.15, -0.1) is 0 Å². The van der Waals surface area contributed by atoms with Gasteiger partial charge in [-0.05, 0) is 91.9 Å². The first-order valence-electron chi connectivity index (χ1n) is 10.6. The summed E-state index contributed by atoms with van der Waals surface area (Å²) in [6.07, 6.45) is 16.7. The second-order valence-corrected chi connectivity index (χ2v) is 9.00. The van der Waals surface area contributed by atoms with Gasteiger partial charge in [-0.1, -0.05) is 74.3 Å². The highest BCUT2D eigenvalue weighted by Gasteiger charge is 1.93. The van der Waals surface area contributed by atoms with E-state index in [1.807, 2.05) is 0 Å². The van der Waals surface area contributed by atoms with E-state index in [9.17, 15) is 0 Å². The average Bonchev–Trinajstić information content (AvgIpc) is 2.51. The molecule has 0 amide bonds. The number of rotatable bonds is 10. The van der Waals surface area contributed by atoms with Crippen molar-refractivity contribution in [2.75, 3.05) is 0 Å².